The van der Waals surface area contributed by atoms with Gasteiger partial charge in [-0.1, -0.05) is 13.0 Å². The van der Waals surface area contributed by atoms with Gasteiger partial charge in [0.15, 0.2) is 0 Å². The van der Waals surface area contributed by atoms with Gasteiger partial charge in [-0.2, -0.15) is 0 Å². The fourth-order valence-electron chi connectivity index (χ4n) is 2.16. The van der Waals surface area contributed by atoms with Gasteiger partial charge in [0.1, 0.15) is 0 Å². The summed E-state index contributed by atoms with van der Waals surface area (Å²) < 4.78 is 9.89. The van der Waals surface area contributed by atoms with E-state index in [2.05, 4.69) is 5.32 Å². The summed E-state index contributed by atoms with van der Waals surface area (Å²) in [6.45, 7) is 4.83. The highest BCUT2D eigenvalue weighted by atomic mass is 16.5. The number of nitrogen functional groups attached to an aromatic ring is 1. The van der Waals surface area contributed by atoms with E-state index >= 15 is 0 Å². The minimum Gasteiger partial charge on any atom is -0.466 e. The molecule has 1 amide bonds. The molecule has 0 radical (unpaired) electrons. The number of rotatable bonds is 8. The lowest BCUT2D eigenvalue weighted by atomic mass is 10.0. The smallest absolute Gasteiger partial charge is 0.302 e. The van der Waals surface area contributed by atoms with Crippen LogP contribution in [0.1, 0.15) is 38.3 Å². The molecule has 0 unspecified atom stereocenters. The average molecular weight is 336 g/mol. The van der Waals surface area contributed by atoms with Crippen LogP contribution in [-0.4, -0.2) is 31.1 Å². The first-order chi connectivity index (χ1) is 11.3. The number of amides is 1. The van der Waals surface area contributed by atoms with Gasteiger partial charge in [-0.05, 0) is 11.6 Å². The number of hydrogen-bond donors (Lipinski definition) is 2. The Labute approximate surface area is 141 Å². The Bertz CT molecular complexity index is 613. The Morgan fingerprint density at radius 2 is 1.62 bits per heavy atom. The highest BCUT2D eigenvalue weighted by Crippen LogP contribution is 2.27. The van der Waals surface area contributed by atoms with Crippen molar-refractivity contribution in [2.24, 2.45) is 0 Å². The summed E-state index contributed by atoms with van der Waals surface area (Å²) in [4.78, 5) is 33.4. The number of nitrogens with two attached hydrogens (primary N) is 1. The van der Waals surface area contributed by atoms with E-state index in [0.29, 0.717) is 36.2 Å². The Balaban J connectivity index is 2.97. The van der Waals surface area contributed by atoms with Gasteiger partial charge in [0.25, 0.3) is 0 Å². The molecule has 0 atom stereocenters. The van der Waals surface area contributed by atoms with Crippen LogP contribution >= 0.6 is 0 Å². The molecule has 0 bridgehead atoms. The lowest BCUT2D eigenvalue weighted by Gasteiger charge is -2.17. The van der Waals surface area contributed by atoms with Gasteiger partial charge in [-0.3, -0.25) is 14.4 Å². The van der Waals surface area contributed by atoms with E-state index in [0.717, 1.165) is 5.56 Å². The summed E-state index contributed by atoms with van der Waals surface area (Å²) in [6, 6.07) is 3.55. The summed E-state index contributed by atoms with van der Waals surface area (Å²) >= 11 is 0. The van der Waals surface area contributed by atoms with Crippen molar-refractivity contribution >= 4 is 29.2 Å². The standard InChI is InChI=1S/C17H24N2O5/c1-4-16(22)19-15-6-5-13(7-9-23-11(2)20)17(18)14(15)8-10-24-12(3)21/h5-6H,4,7-10,18H2,1-3H3,(H,19,22). The zero-order valence-corrected chi connectivity index (χ0v) is 14.3. The zero-order valence-electron chi connectivity index (χ0n) is 14.3. The van der Waals surface area contributed by atoms with Gasteiger partial charge in [-0.25, -0.2) is 0 Å². The van der Waals surface area contributed by atoms with E-state index in [-0.39, 0.29) is 31.1 Å². The van der Waals surface area contributed by atoms with Crippen molar-refractivity contribution in [2.45, 2.75) is 40.0 Å². The topological polar surface area (TPSA) is 108 Å². The van der Waals surface area contributed by atoms with Crippen molar-refractivity contribution in [3.05, 3.63) is 23.3 Å². The molecule has 0 aliphatic carbocycles. The second-order valence-corrected chi connectivity index (χ2v) is 5.25. The number of anilines is 2. The van der Waals surface area contributed by atoms with Crippen LogP contribution in [0.4, 0.5) is 11.4 Å². The van der Waals surface area contributed by atoms with E-state index in [4.69, 9.17) is 15.2 Å². The van der Waals surface area contributed by atoms with Crippen LogP contribution in [0, 0.1) is 0 Å². The summed E-state index contributed by atoms with van der Waals surface area (Å²) in [7, 11) is 0. The van der Waals surface area contributed by atoms with Crippen molar-refractivity contribution in [3.63, 3.8) is 0 Å². The molecule has 0 fully saturated rings. The fraction of sp³-hybridized carbons (Fsp3) is 0.471. The number of esters is 2. The third kappa shape index (κ3) is 6.28. The molecule has 0 saturated carbocycles. The average Bonchev–Trinajstić information content (AvgIpc) is 2.51. The molecule has 0 saturated heterocycles. The second kappa shape index (κ2) is 9.54. The minimum absolute atomic E-state index is 0.129. The molecular formula is C17H24N2O5. The van der Waals surface area contributed by atoms with Crippen LogP contribution in [0.25, 0.3) is 0 Å². The quantitative estimate of drug-likeness (QED) is 0.554. The zero-order chi connectivity index (χ0) is 18.1. The van der Waals surface area contributed by atoms with Crippen LogP contribution in [0.3, 0.4) is 0 Å². The summed E-state index contributed by atoms with van der Waals surface area (Å²) in [5, 5.41) is 2.80. The van der Waals surface area contributed by atoms with Gasteiger partial charge in [0.2, 0.25) is 5.91 Å². The van der Waals surface area contributed by atoms with Gasteiger partial charge in [0, 0.05) is 50.0 Å². The highest BCUT2D eigenvalue weighted by Gasteiger charge is 2.13. The molecule has 0 spiro atoms. The molecule has 7 nitrogen and oxygen atoms in total. The van der Waals surface area contributed by atoms with Crippen molar-refractivity contribution in [1.29, 1.82) is 0 Å². The molecule has 0 heterocycles. The van der Waals surface area contributed by atoms with Gasteiger partial charge in [-0.15, -0.1) is 0 Å². The highest BCUT2D eigenvalue weighted by molar-refractivity contribution is 5.92. The van der Waals surface area contributed by atoms with Crippen LogP contribution in [0.5, 0.6) is 0 Å². The molecule has 132 valence electrons. The number of carbonyl (C=O) groups is 3. The molecule has 1 aromatic rings. The Morgan fingerprint density at radius 3 is 2.17 bits per heavy atom. The third-order valence-electron chi connectivity index (χ3n) is 3.38. The van der Waals surface area contributed by atoms with Crippen molar-refractivity contribution in [1.82, 2.24) is 0 Å². The van der Waals surface area contributed by atoms with E-state index in [1.165, 1.54) is 13.8 Å². The summed E-state index contributed by atoms with van der Waals surface area (Å²) in [5.74, 6) is -0.856. The first kappa shape index (κ1) is 19.5. The first-order valence-corrected chi connectivity index (χ1v) is 7.82. The van der Waals surface area contributed by atoms with Crippen molar-refractivity contribution in [2.75, 3.05) is 24.3 Å². The minimum atomic E-state index is -0.376. The molecule has 24 heavy (non-hydrogen) atoms. The first-order valence-electron chi connectivity index (χ1n) is 7.82. The van der Waals surface area contributed by atoms with Gasteiger partial charge >= 0.3 is 11.9 Å². The Morgan fingerprint density at radius 1 is 1.04 bits per heavy atom. The second-order valence-electron chi connectivity index (χ2n) is 5.25. The van der Waals surface area contributed by atoms with E-state index in [1.54, 1.807) is 19.1 Å². The summed E-state index contributed by atoms with van der Waals surface area (Å²) in [5.41, 5.74) is 8.82. The maximum atomic E-state index is 11.7. The van der Waals surface area contributed by atoms with Crippen LogP contribution < -0.4 is 11.1 Å². The predicted molar refractivity (Wildman–Crippen MR) is 90.4 cm³/mol. The molecule has 1 aromatic carbocycles. The number of benzene rings is 1. The fourth-order valence-corrected chi connectivity index (χ4v) is 2.16. The predicted octanol–water partition coefficient (Wildman–Crippen LogP) is 1.83. The van der Waals surface area contributed by atoms with E-state index in [1.807, 2.05) is 0 Å². The maximum absolute atomic E-state index is 11.7. The van der Waals surface area contributed by atoms with E-state index < -0.39 is 0 Å². The van der Waals surface area contributed by atoms with Crippen molar-refractivity contribution < 1.29 is 23.9 Å². The number of hydrogen-bond acceptors (Lipinski definition) is 6. The Hall–Kier alpha value is -2.57. The number of ether oxygens (including phenoxy) is 2. The van der Waals surface area contributed by atoms with Gasteiger partial charge in [0.05, 0.1) is 13.2 Å². The largest absolute Gasteiger partial charge is 0.466 e. The van der Waals surface area contributed by atoms with Crippen LogP contribution in [0.2, 0.25) is 0 Å². The third-order valence-corrected chi connectivity index (χ3v) is 3.38. The van der Waals surface area contributed by atoms with Gasteiger partial charge < -0.3 is 20.5 Å². The van der Waals surface area contributed by atoms with Crippen LogP contribution in [-0.2, 0) is 36.7 Å². The molecular weight excluding hydrogens is 312 g/mol. The lowest BCUT2D eigenvalue weighted by Crippen LogP contribution is -2.15. The molecule has 0 aliphatic rings. The molecule has 7 heteroatoms. The molecule has 3 N–H and O–H groups in total. The van der Waals surface area contributed by atoms with E-state index in [9.17, 15) is 14.4 Å². The SMILES string of the molecule is CCC(=O)Nc1ccc(CCOC(C)=O)c(N)c1CCOC(C)=O. The normalized spacial score (nSPS) is 10.1. The lowest BCUT2D eigenvalue weighted by molar-refractivity contribution is -0.141. The summed E-state index contributed by atoms with van der Waals surface area (Å²) in [6.07, 6.45) is 1.19. The molecule has 1 rings (SSSR count). The maximum Gasteiger partial charge on any atom is 0.302 e. The van der Waals surface area contributed by atoms with Crippen molar-refractivity contribution in [3.8, 4) is 0 Å². The Kier molecular flexibility index (Phi) is 7.74. The molecule has 0 aromatic heterocycles. The molecule has 0 aliphatic heterocycles. The van der Waals surface area contributed by atoms with Crippen LogP contribution in [0.15, 0.2) is 12.1 Å². The number of nitrogens with one attached hydrogen (secondary N) is 1. The number of carbonyl (C=O) groups excluding carboxylic acids is 3. The monoisotopic (exact) mass is 336 g/mol.